The monoisotopic (exact) mass is 283 g/mol. The standard InChI is InChI=1S/C13H14ClNO2S/c14-13-9-4-1-2-5-10(9)18-11(13)8-15-7-3-6-12(16)17/h1-2,4-5,15H,3,6-8H2,(H,16,17). The van der Waals surface area contributed by atoms with E-state index in [1.807, 2.05) is 18.2 Å². The van der Waals surface area contributed by atoms with Crippen molar-refractivity contribution >= 4 is 39.0 Å². The molecule has 3 nitrogen and oxygen atoms in total. The van der Waals surface area contributed by atoms with Crippen LogP contribution >= 0.6 is 22.9 Å². The molecule has 0 fully saturated rings. The van der Waals surface area contributed by atoms with E-state index in [-0.39, 0.29) is 6.42 Å². The maximum atomic E-state index is 10.4. The summed E-state index contributed by atoms with van der Waals surface area (Å²) < 4.78 is 1.19. The second-order valence-electron chi connectivity index (χ2n) is 4.01. The molecule has 0 amide bonds. The van der Waals surface area contributed by atoms with Crippen molar-refractivity contribution in [1.82, 2.24) is 5.32 Å². The maximum absolute atomic E-state index is 10.4. The van der Waals surface area contributed by atoms with Gasteiger partial charge in [-0.15, -0.1) is 11.3 Å². The molecule has 2 N–H and O–H groups in total. The van der Waals surface area contributed by atoms with Gasteiger partial charge in [-0.05, 0) is 19.0 Å². The molecule has 0 atom stereocenters. The van der Waals surface area contributed by atoms with Crippen molar-refractivity contribution in [1.29, 1.82) is 0 Å². The molecule has 0 radical (unpaired) electrons. The van der Waals surface area contributed by atoms with Crippen LogP contribution in [0.3, 0.4) is 0 Å². The minimum Gasteiger partial charge on any atom is -0.481 e. The Hall–Kier alpha value is -1.10. The Balaban J connectivity index is 1.91. The lowest BCUT2D eigenvalue weighted by molar-refractivity contribution is -0.137. The quantitative estimate of drug-likeness (QED) is 0.798. The molecule has 2 rings (SSSR count). The van der Waals surface area contributed by atoms with Crippen LogP contribution in [0.1, 0.15) is 17.7 Å². The van der Waals surface area contributed by atoms with Crippen LogP contribution in [0, 0.1) is 0 Å². The van der Waals surface area contributed by atoms with Crippen LogP contribution in [0.5, 0.6) is 0 Å². The Bertz CT molecular complexity index is 553. The van der Waals surface area contributed by atoms with E-state index in [4.69, 9.17) is 16.7 Å². The lowest BCUT2D eigenvalue weighted by Crippen LogP contribution is -2.15. The molecule has 18 heavy (non-hydrogen) atoms. The molecule has 1 aromatic heterocycles. The highest BCUT2D eigenvalue weighted by Crippen LogP contribution is 2.34. The number of hydrogen-bond acceptors (Lipinski definition) is 3. The number of carboxylic acids is 1. The number of thiophene rings is 1. The molecule has 2 aromatic rings. The number of carboxylic acid groups (broad SMARTS) is 1. The first-order valence-corrected chi connectivity index (χ1v) is 6.96. The van der Waals surface area contributed by atoms with Crippen molar-refractivity contribution in [3.63, 3.8) is 0 Å². The second kappa shape index (κ2) is 6.18. The van der Waals surface area contributed by atoms with E-state index < -0.39 is 5.97 Å². The zero-order chi connectivity index (χ0) is 13.0. The topological polar surface area (TPSA) is 49.3 Å². The van der Waals surface area contributed by atoms with Gasteiger partial charge in [0, 0.05) is 27.9 Å². The molecule has 0 aliphatic rings. The van der Waals surface area contributed by atoms with Gasteiger partial charge in [-0.1, -0.05) is 29.8 Å². The molecule has 1 heterocycles. The predicted molar refractivity (Wildman–Crippen MR) is 75.4 cm³/mol. The van der Waals surface area contributed by atoms with Crippen LogP contribution in [0.25, 0.3) is 10.1 Å². The van der Waals surface area contributed by atoms with Crippen LogP contribution in [0.2, 0.25) is 5.02 Å². The average Bonchev–Trinajstić information content (AvgIpc) is 2.66. The number of nitrogens with one attached hydrogen (secondary N) is 1. The third-order valence-corrected chi connectivity index (χ3v) is 4.35. The SMILES string of the molecule is O=C(O)CCCNCc1sc2ccccc2c1Cl. The summed E-state index contributed by atoms with van der Waals surface area (Å²) >= 11 is 7.97. The van der Waals surface area contributed by atoms with Gasteiger partial charge in [-0.25, -0.2) is 0 Å². The van der Waals surface area contributed by atoms with Gasteiger partial charge in [0.25, 0.3) is 0 Å². The van der Waals surface area contributed by atoms with E-state index in [1.165, 1.54) is 4.70 Å². The molecule has 0 saturated carbocycles. The van der Waals surface area contributed by atoms with E-state index in [2.05, 4.69) is 11.4 Å². The molecule has 0 bridgehead atoms. The lowest BCUT2D eigenvalue weighted by atomic mass is 10.2. The Morgan fingerprint density at radius 3 is 2.89 bits per heavy atom. The minimum atomic E-state index is -0.753. The Kier molecular flexibility index (Phi) is 4.58. The second-order valence-corrected chi connectivity index (χ2v) is 5.52. The normalized spacial score (nSPS) is 10.9. The fraction of sp³-hybridized carbons (Fsp3) is 0.308. The van der Waals surface area contributed by atoms with Crippen LogP contribution < -0.4 is 5.32 Å². The highest BCUT2D eigenvalue weighted by atomic mass is 35.5. The molecule has 0 spiro atoms. The summed E-state index contributed by atoms with van der Waals surface area (Å²) in [6.07, 6.45) is 0.838. The number of halogens is 1. The summed E-state index contributed by atoms with van der Waals surface area (Å²) in [7, 11) is 0. The highest BCUT2D eigenvalue weighted by Gasteiger charge is 2.08. The van der Waals surface area contributed by atoms with E-state index >= 15 is 0 Å². The summed E-state index contributed by atoms with van der Waals surface area (Å²) in [5.41, 5.74) is 0. The fourth-order valence-corrected chi connectivity index (χ4v) is 3.21. The van der Waals surface area contributed by atoms with Gasteiger partial charge in [-0.3, -0.25) is 4.79 Å². The Morgan fingerprint density at radius 2 is 2.17 bits per heavy atom. The zero-order valence-corrected chi connectivity index (χ0v) is 11.4. The number of benzene rings is 1. The first kappa shape index (κ1) is 13.3. The molecule has 96 valence electrons. The fourth-order valence-electron chi connectivity index (χ4n) is 1.74. The van der Waals surface area contributed by atoms with Gasteiger partial charge in [-0.2, -0.15) is 0 Å². The van der Waals surface area contributed by atoms with Crippen LogP contribution in [0.4, 0.5) is 0 Å². The largest absolute Gasteiger partial charge is 0.481 e. The summed E-state index contributed by atoms with van der Waals surface area (Å²) in [5, 5.41) is 13.6. The summed E-state index contributed by atoms with van der Waals surface area (Å²) in [4.78, 5) is 11.5. The van der Waals surface area contributed by atoms with Gasteiger partial charge >= 0.3 is 5.97 Å². The molecular formula is C13H14ClNO2S. The van der Waals surface area contributed by atoms with Crippen LogP contribution in [-0.2, 0) is 11.3 Å². The number of hydrogen-bond donors (Lipinski definition) is 2. The molecule has 1 aromatic carbocycles. The van der Waals surface area contributed by atoms with Gasteiger partial charge < -0.3 is 10.4 Å². The number of aliphatic carboxylic acids is 1. The van der Waals surface area contributed by atoms with E-state index in [0.29, 0.717) is 19.5 Å². The predicted octanol–water partition coefficient (Wildman–Crippen LogP) is 3.51. The van der Waals surface area contributed by atoms with Crippen LogP contribution in [-0.4, -0.2) is 17.6 Å². The van der Waals surface area contributed by atoms with Crippen LogP contribution in [0.15, 0.2) is 24.3 Å². The molecular weight excluding hydrogens is 270 g/mol. The van der Waals surface area contributed by atoms with Gasteiger partial charge in [0.05, 0.1) is 5.02 Å². The van der Waals surface area contributed by atoms with E-state index in [0.717, 1.165) is 15.3 Å². The third kappa shape index (κ3) is 3.22. The van der Waals surface area contributed by atoms with E-state index in [1.54, 1.807) is 11.3 Å². The van der Waals surface area contributed by atoms with Crippen molar-refractivity contribution in [3.05, 3.63) is 34.2 Å². The van der Waals surface area contributed by atoms with Crippen molar-refractivity contribution in [2.75, 3.05) is 6.54 Å². The molecule has 0 saturated heterocycles. The zero-order valence-electron chi connectivity index (χ0n) is 9.78. The van der Waals surface area contributed by atoms with E-state index in [9.17, 15) is 4.79 Å². The number of carbonyl (C=O) groups is 1. The van der Waals surface area contributed by atoms with Crippen molar-refractivity contribution in [2.24, 2.45) is 0 Å². The first-order valence-electron chi connectivity index (χ1n) is 5.77. The minimum absolute atomic E-state index is 0.202. The Labute approximate surface area is 114 Å². The molecule has 0 unspecified atom stereocenters. The summed E-state index contributed by atoms with van der Waals surface area (Å²) in [6.45, 7) is 1.38. The number of fused-ring (bicyclic) bond motifs is 1. The van der Waals surface area contributed by atoms with Crippen molar-refractivity contribution < 1.29 is 9.90 Å². The third-order valence-electron chi connectivity index (χ3n) is 2.63. The smallest absolute Gasteiger partial charge is 0.303 e. The van der Waals surface area contributed by atoms with Gasteiger partial charge in [0.2, 0.25) is 0 Å². The van der Waals surface area contributed by atoms with Crippen molar-refractivity contribution in [2.45, 2.75) is 19.4 Å². The number of rotatable bonds is 6. The first-order chi connectivity index (χ1) is 8.68. The summed E-state index contributed by atoms with van der Waals surface area (Å²) in [6, 6.07) is 8.05. The Morgan fingerprint density at radius 1 is 1.39 bits per heavy atom. The molecule has 0 aliphatic carbocycles. The molecule has 5 heteroatoms. The highest BCUT2D eigenvalue weighted by molar-refractivity contribution is 7.19. The van der Waals surface area contributed by atoms with Gasteiger partial charge in [0.1, 0.15) is 0 Å². The van der Waals surface area contributed by atoms with Gasteiger partial charge in [0.15, 0.2) is 0 Å². The summed E-state index contributed by atoms with van der Waals surface area (Å²) in [5.74, 6) is -0.753. The average molecular weight is 284 g/mol. The lowest BCUT2D eigenvalue weighted by Gasteiger charge is -2.01. The van der Waals surface area contributed by atoms with Crippen molar-refractivity contribution in [3.8, 4) is 0 Å². The maximum Gasteiger partial charge on any atom is 0.303 e. The molecule has 0 aliphatic heterocycles.